The van der Waals surface area contributed by atoms with Crippen LogP contribution in [0.4, 0.5) is 5.69 Å². The number of benzene rings is 4. The Hall–Kier alpha value is -4.63. The van der Waals surface area contributed by atoms with Crippen LogP contribution in [0, 0.1) is 6.92 Å². The van der Waals surface area contributed by atoms with Crippen molar-refractivity contribution in [2.24, 2.45) is 0 Å². The van der Waals surface area contributed by atoms with Crippen molar-refractivity contribution in [2.45, 2.75) is 52.2 Å². The highest BCUT2D eigenvalue weighted by atomic mass is 32.2. The van der Waals surface area contributed by atoms with Gasteiger partial charge in [-0.3, -0.25) is 13.9 Å². The van der Waals surface area contributed by atoms with Gasteiger partial charge in [0.15, 0.2) is 0 Å². The Labute approximate surface area is 266 Å². The molecule has 0 aliphatic carbocycles. The molecule has 1 N–H and O–H groups in total. The Morgan fingerprint density at radius 3 is 1.89 bits per heavy atom. The van der Waals surface area contributed by atoms with E-state index in [1.165, 1.54) is 4.90 Å². The fourth-order valence-electron chi connectivity index (χ4n) is 4.82. The topological polar surface area (TPSA) is 96.0 Å². The average Bonchev–Trinajstić information content (AvgIpc) is 2.98. The van der Waals surface area contributed by atoms with Crippen LogP contribution in [-0.4, -0.2) is 49.5 Å². The van der Waals surface area contributed by atoms with E-state index in [-0.39, 0.29) is 18.9 Å². The number of carbonyl (C=O) groups excluding carboxylic acids is 2. The van der Waals surface area contributed by atoms with Crippen molar-refractivity contribution >= 4 is 27.5 Å². The van der Waals surface area contributed by atoms with Gasteiger partial charge in [0.05, 0.1) is 11.9 Å². The molecule has 0 aliphatic heterocycles. The molecule has 2 amide bonds. The Kier molecular flexibility index (Phi) is 10.7. The van der Waals surface area contributed by atoms with Crippen molar-refractivity contribution in [1.29, 1.82) is 0 Å². The Morgan fingerprint density at radius 1 is 0.778 bits per heavy atom. The first-order chi connectivity index (χ1) is 21.3. The van der Waals surface area contributed by atoms with E-state index < -0.39 is 34.1 Å². The largest absolute Gasteiger partial charge is 0.457 e. The van der Waals surface area contributed by atoms with Crippen LogP contribution >= 0.6 is 0 Å². The maximum atomic E-state index is 14.3. The Morgan fingerprint density at radius 2 is 1.33 bits per heavy atom. The van der Waals surface area contributed by atoms with Crippen molar-refractivity contribution in [2.75, 3.05) is 17.1 Å². The van der Waals surface area contributed by atoms with E-state index in [9.17, 15) is 18.0 Å². The average molecular weight is 628 g/mol. The lowest BCUT2D eigenvalue weighted by molar-refractivity contribution is -0.140. The zero-order valence-electron chi connectivity index (χ0n) is 26.4. The Balaban J connectivity index is 1.68. The molecule has 0 fully saturated rings. The van der Waals surface area contributed by atoms with Crippen LogP contribution in [0.15, 0.2) is 109 Å². The highest BCUT2D eigenvalue weighted by Gasteiger charge is 2.34. The summed E-state index contributed by atoms with van der Waals surface area (Å²) in [5.74, 6) is 0.341. The molecule has 4 aromatic carbocycles. The van der Waals surface area contributed by atoms with Crippen LogP contribution < -0.4 is 14.4 Å². The van der Waals surface area contributed by atoms with Gasteiger partial charge < -0.3 is 15.0 Å². The number of rotatable bonds is 12. The lowest BCUT2D eigenvalue weighted by Crippen LogP contribution is -2.56. The van der Waals surface area contributed by atoms with Crippen molar-refractivity contribution < 1.29 is 22.7 Å². The summed E-state index contributed by atoms with van der Waals surface area (Å²) >= 11 is 0. The number of carbonyl (C=O) groups is 2. The smallest absolute Gasteiger partial charge is 0.244 e. The lowest BCUT2D eigenvalue weighted by Gasteiger charge is -2.35. The fraction of sp³-hybridized carbons (Fsp3) is 0.278. The summed E-state index contributed by atoms with van der Waals surface area (Å²) in [4.78, 5) is 29.6. The van der Waals surface area contributed by atoms with Gasteiger partial charge >= 0.3 is 0 Å². The summed E-state index contributed by atoms with van der Waals surface area (Å²) < 4.78 is 33.1. The molecule has 0 aromatic heterocycles. The molecule has 1 atom stereocenters. The maximum Gasteiger partial charge on any atom is 0.244 e. The molecule has 0 radical (unpaired) electrons. The van der Waals surface area contributed by atoms with Gasteiger partial charge in [0.25, 0.3) is 0 Å². The monoisotopic (exact) mass is 627 g/mol. The number of aryl methyl sites for hydroxylation is 1. The van der Waals surface area contributed by atoms with Gasteiger partial charge in [-0.25, -0.2) is 8.42 Å². The molecule has 236 valence electrons. The number of hydrogen-bond donors (Lipinski definition) is 1. The zero-order chi connectivity index (χ0) is 32.6. The van der Waals surface area contributed by atoms with Gasteiger partial charge in [-0.15, -0.1) is 0 Å². The number of amides is 2. The molecule has 9 heteroatoms. The molecule has 0 saturated carbocycles. The SMILES string of the molecule is Cc1ccc(CN(C(=O)CN(c2ccc(Oc3ccccc3)cc2)S(C)(=O)=O)[C@H](Cc2ccccc2)C(=O)NC(C)(C)C)cc1. The second-order valence-electron chi connectivity index (χ2n) is 12.1. The third kappa shape index (κ3) is 9.94. The molecule has 0 aliphatic rings. The molecule has 4 rings (SSSR count). The van der Waals surface area contributed by atoms with Crippen LogP contribution in [0.5, 0.6) is 11.5 Å². The van der Waals surface area contributed by atoms with Gasteiger partial charge in [0, 0.05) is 18.5 Å². The van der Waals surface area contributed by atoms with Crippen LogP contribution in [0.3, 0.4) is 0 Å². The Bertz CT molecular complexity index is 1670. The van der Waals surface area contributed by atoms with Crippen LogP contribution in [0.25, 0.3) is 0 Å². The summed E-state index contributed by atoms with van der Waals surface area (Å²) in [7, 11) is -3.89. The summed E-state index contributed by atoms with van der Waals surface area (Å²) in [6, 6.07) is 32.1. The summed E-state index contributed by atoms with van der Waals surface area (Å²) in [5.41, 5.74) is 2.52. The molecule has 0 unspecified atom stereocenters. The standard InChI is InChI=1S/C36H41N3O5S/c1-27-16-18-29(19-17-27)25-38(33(35(41)37-36(2,3)4)24-28-12-8-6-9-13-28)34(40)26-39(45(5,42)43)30-20-22-32(23-21-30)44-31-14-10-7-11-15-31/h6-23,33H,24-26H2,1-5H3,(H,37,41)/t33-/m1/s1. The quantitative estimate of drug-likeness (QED) is 0.205. The number of para-hydroxylation sites is 1. The summed E-state index contributed by atoms with van der Waals surface area (Å²) in [5, 5.41) is 3.03. The minimum absolute atomic E-state index is 0.121. The van der Waals surface area contributed by atoms with Gasteiger partial charge in [0.1, 0.15) is 24.1 Å². The number of nitrogens with one attached hydrogen (secondary N) is 1. The summed E-state index contributed by atoms with van der Waals surface area (Å²) in [6.07, 6.45) is 1.32. The highest BCUT2D eigenvalue weighted by Crippen LogP contribution is 2.26. The lowest BCUT2D eigenvalue weighted by atomic mass is 10.0. The first-order valence-electron chi connectivity index (χ1n) is 14.8. The van der Waals surface area contributed by atoms with E-state index in [4.69, 9.17) is 4.74 Å². The number of sulfonamides is 1. The van der Waals surface area contributed by atoms with Crippen molar-refractivity contribution in [3.8, 4) is 11.5 Å². The number of anilines is 1. The van der Waals surface area contributed by atoms with Gasteiger partial charge in [-0.05, 0) is 75.2 Å². The molecule has 0 spiro atoms. The maximum absolute atomic E-state index is 14.3. The van der Waals surface area contributed by atoms with Gasteiger partial charge in [-0.1, -0.05) is 78.4 Å². The van der Waals surface area contributed by atoms with E-state index in [2.05, 4.69) is 5.32 Å². The van der Waals surface area contributed by atoms with E-state index in [0.29, 0.717) is 17.2 Å². The molecule has 0 saturated heterocycles. The normalized spacial score (nSPS) is 12.2. The minimum atomic E-state index is -3.89. The molecular formula is C36H41N3O5S. The third-order valence-corrected chi connectivity index (χ3v) is 8.17. The van der Waals surface area contributed by atoms with E-state index >= 15 is 0 Å². The van der Waals surface area contributed by atoms with Gasteiger partial charge in [0.2, 0.25) is 21.8 Å². The first kappa shape index (κ1) is 33.3. The molecule has 0 bridgehead atoms. The predicted octanol–water partition coefficient (Wildman–Crippen LogP) is 6.11. The number of nitrogens with zero attached hydrogens (tertiary/aromatic N) is 2. The molecule has 45 heavy (non-hydrogen) atoms. The van der Waals surface area contributed by atoms with Crippen molar-refractivity contribution in [1.82, 2.24) is 10.2 Å². The highest BCUT2D eigenvalue weighted by molar-refractivity contribution is 7.92. The van der Waals surface area contributed by atoms with E-state index in [0.717, 1.165) is 27.3 Å². The first-order valence-corrected chi connectivity index (χ1v) is 16.6. The van der Waals surface area contributed by atoms with Crippen molar-refractivity contribution in [3.05, 3.63) is 126 Å². The molecule has 0 heterocycles. The number of ether oxygens (including phenoxy) is 1. The van der Waals surface area contributed by atoms with Crippen molar-refractivity contribution in [3.63, 3.8) is 0 Å². The molecule has 8 nitrogen and oxygen atoms in total. The van der Waals surface area contributed by atoms with Crippen LogP contribution in [-0.2, 0) is 32.6 Å². The number of hydrogen-bond acceptors (Lipinski definition) is 5. The van der Waals surface area contributed by atoms with E-state index in [1.807, 2.05) is 113 Å². The molecular weight excluding hydrogens is 586 g/mol. The van der Waals surface area contributed by atoms with Gasteiger partial charge in [-0.2, -0.15) is 0 Å². The van der Waals surface area contributed by atoms with Crippen LogP contribution in [0.2, 0.25) is 0 Å². The zero-order valence-corrected chi connectivity index (χ0v) is 27.3. The van der Waals surface area contributed by atoms with Crippen LogP contribution in [0.1, 0.15) is 37.5 Å². The minimum Gasteiger partial charge on any atom is -0.457 e. The van der Waals surface area contributed by atoms with E-state index in [1.54, 1.807) is 24.3 Å². The molecule has 4 aromatic rings. The summed E-state index contributed by atoms with van der Waals surface area (Å²) in [6.45, 7) is 7.25. The third-order valence-electron chi connectivity index (χ3n) is 7.03. The second-order valence-corrected chi connectivity index (χ2v) is 14.0. The predicted molar refractivity (Wildman–Crippen MR) is 179 cm³/mol. The second kappa shape index (κ2) is 14.4. The fourth-order valence-corrected chi connectivity index (χ4v) is 5.67.